The van der Waals surface area contributed by atoms with Crippen LogP contribution >= 0.6 is 11.8 Å². The summed E-state index contributed by atoms with van der Waals surface area (Å²) < 4.78 is 38.0. The van der Waals surface area contributed by atoms with E-state index in [0.717, 1.165) is 22.9 Å². The Hall–Kier alpha value is -3.34. The first-order chi connectivity index (χ1) is 15.1. The fraction of sp³-hybridized carbons (Fsp3) is 0.238. The molecule has 3 rings (SSSR count). The summed E-state index contributed by atoms with van der Waals surface area (Å²) in [6, 6.07) is 11.1. The Morgan fingerprint density at radius 3 is 2.38 bits per heavy atom. The lowest BCUT2D eigenvalue weighted by Crippen LogP contribution is -2.44. The monoisotopic (exact) mass is 464 g/mol. The van der Waals surface area contributed by atoms with E-state index in [1.54, 1.807) is 29.6 Å². The zero-order chi connectivity index (χ0) is 23.5. The molecule has 0 saturated heterocycles. The van der Waals surface area contributed by atoms with Crippen molar-refractivity contribution in [2.75, 3.05) is 12.3 Å². The van der Waals surface area contributed by atoms with Crippen molar-refractivity contribution < 1.29 is 22.8 Å². The van der Waals surface area contributed by atoms with Crippen molar-refractivity contribution in [3.8, 4) is 5.69 Å². The van der Waals surface area contributed by atoms with Crippen LogP contribution < -0.4 is 16.2 Å². The van der Waals surface area contributed by atoms with Crippen LogP contribution in [0, 0.1) is 13.8 Å². The van der Waals surface area contributed by atoms with E-state index in [0.29, 0.717) is 16.6 Å². The van der Waals surface area contributed by atoms with E-state index >= 15 is 0 Å². The molecule has 0 atom stereocenters. The molecule has 3 amide bonds. The fourth-order valence-electron chi connectivity index (χ4n) is 3.08. The molecule has 1 heterocycles. The van der Waals surface area contributed by atoms with Gasteiger partial charge in [0.05, 0.1) is 22.3 Å². The minimum absolute atomic E-state index is 0.219. The Morgan fingerprint density at radius 2 is 1.72 bits per heavy atom. The van der Waals surface area contributed by atoms with Gasteiger partial charge in [0.15, 0.2) is 5.16 Å². The molecule has 2 aromatic carbocycles. The Balaban J connectivity index is 1.90. The highest BCUT2D eigenvalue weighted by atomic mass is 32.2. The van der Waals surface area contributed by atoms with Gasteiger partial charge >= 0.3 is 12.2 Å². The van der Waals surface area contributed by atoms with Crippen molar-refractivity contribution in [2.24, 2.45) is 0 Å². The second-order valence-corrected chi connectivity index (χ2v) is 7.87. The van der Waals surface area contributed by atoms with Gasteiger partial charge < -0.3 is 5.32 Å². The van der Waals surface area contributed by atoms with E-state index in [2.05, 4.69) is 4.98 Å². The van der Waals surface area contributed by atoms with E-state index in [1.807, 2.05) is 37.4 Å². The third-order valence-electron chi connectivity index (χ3n) is 4.44. The van der Waals surface area contributed by atoms with Crippen molar-refractivity contribution in [1.82, 2.24) is 20.2 Å². The van der Waals surface area contributed by atoms with Gasteiger partial charge in [-0.3, -0.25) is 19.5 Å². The number of rotatable bonds is 5. The van der Waals surface area contributed by atoms with Crippen LogP contribution in [-0.2, 0) is 4.79 Å². The van der Waals surface area contributed by atoms with Gasteiger partial charge in [0.1, 0.15) is 6.54 Å². The number of nitrogens with zero attached hydrogens (tertiary/aromatic N) is 2. The van der Waals surface area contributed by atoms with Gasteiger partial charge in [0.25, 0.3) is 5.56 Å². The number of halogens is 3. The summed E-state index contributed by atoms with van der Waals surface area (Å²) in [4.78, 5) is 41.4. The number of fused-ring (bicyclic) bond motifs is 1. The number of urea groups is 1. The van der Waals surface area contributed by atoms with E-state index in [-0.39, 0.29) is 16.5 Å². The number of carbonyl (C=O) groups excluding carboxylic acids is 2. The molecule has 0 fully saturated rings. The SMILES string of the molecule is Cc1cccc(C)c1-n1c(SCC(=O)NC(=O)NCC(F)(F)F)nc2ccccc2c1=O. The number of benzene rings is 2. The molecule has 0 radical (unpaired) electrons. The van der Waals surface area contributed by atoms with E-state index in [1.165, 1.54) is 4.57 Å². The molecule has 0 aliphatic rings. The number of para-hydroxylation sites is 2. The van der Waals surface area contributed by atoms with Crippen LogP contribution in [0.1, 0.15) is 11.1 Å². The lowest BCUT2D eigenvalue weighted by atomic mass is 10.1. The second kappa shape index (κ2) is 9.43. The number of hydrogen-bond donors (Lipinski definition) is 2. The van der Waals surface area contributed by atoms with E-state index < -0.39 is 24.7 Å². The maximum absolute atomic E-state index is 13.3. The first-order valence-electron chi connectivity index (χ1n) is 9.42. The summed E-state index contributed by atoms with van der Waals surface area (Å²) in [6.07, 6.45) is -4.59. The van der Waals surface area contributed by atoms with E-state index in [9.17, 15) is 27.6 Å². The number of amides is 3. The maximum atomic E-state index is 13.3. The number of alkyl halides is 3. The topological polar surface area (TPSA) is 93.1 Å². The third-order valence-corrected chi connectivity index (χ3v) is 5.38. The van der Waals surface area contributed by atoms with Crippen molar-refractivity contribution in [3.63, 3.8) is 0 Å². The van der Waals surface area contributed by atoms with Crippen molar-refractivity contribution in [2.45, 2.75) is 25.2 Å². The zero-order valence-corrected chi connectivity index (χ0v) is 17.9. The number of aromatic nitrogens is 2. The Bertz CT molecular complexity index is 1220. The molecule has 2 N–H and O–H groups in total. The standard InChI is InChI=1S/C21H19F3N4O3S/c1-12-6-5-7-13(2)17(12)28-18(30)14-8-3-4-9-15(14)26-20(28)32-10-16(29)27-19(31)25-11-21(22,23)24/h3-9H,10-11H2,1-2H3,(H2,25,27,29,31). The van der Waals surface area contributed by atoms with Gasteiger partial charge in [0, 0.05) is 0 Å². The van der Waals surface area contributed by atoms with Crippen LogP contribution in [0.15, 0.2) is 52.4 Å². The molecular weight excluding hydrogens is 445 g/mol. The average molecular weight is 464 g/mol. The molecule has 0 saturated carbocycles. The fourth-order valence-corrected chi connectivity index (χ4v) is 3.88. The lowest BCUT2D eigenvalue weighted by molar-refractivity contribution is -0.124. The summed E-state index contributed by atoms with van der Waals surface area (Å²) in [5.41, 5.74) is 2.38. The number of hydrogen-bond acceptors (Lipinski definition) is 5. The molecule has 11 heteroatoms. The first-order valence-corrected chi connectivity index (χ1v) is 10.4. The van der Waals surface area contributed by atoms with Gasteiger partial charge in [-0.15, -0.1) is 0 Å². The van der Waals surface area contributed by atoms with Crippen molar-refractivity contribution >= 4 is 34.6 Å². The minimum Gasteiger partial charge on any atom is -0.329 e. The molecular formula is C21H19F3N4O3S. The summed E-state index contributed by atoms with van der Waals surface area (Å²) >= 11 is 0.900. The maximum Gasteiger partial charge on any atom is 0.405 e. The molecule has 0 spiro atoms. The van der Waals surface area contributed by atoms with Gasteiger partial charge in [-0.2, -0.15) is 13.2 Å². The predicted octanol–water partition coefficient (Wildman–Crippen LogP) is 3.48. The summed E-state index contributed by atoms with van der Waals surface area (Å²) in [5, 5.41) is 4.01. The van der Waals surface area contributed by atoms with Crippen LogP contribution in [0.25, 0.3) is 16.6 Å². The molecule has 1 aromatic heterocycles. The van der Waals surface area contributed by atoms with Crippen LogP contribution in [0.2, 0.25) is 0 Å². The normalized spacial score (nSPS) is 11.4. The predicted molar refractivity (Wildman–Crippen MR) is 115 cm³/mol. The highest BCUT2D eigenvalue weighted by Crippen LogP contribution is 2.25. The molecule has 0 aliphatic carbocycles. The quantitative estimate of drug-likeness (QED) is 0.446. The van der Waals surface area contributed by atoms with Gasteiger partial charge in [-0.05, 0) is 37.1 Å². The number of carbonyl (C=O) groups is 2. The third kappa shape index (κ3) is 5.47. The summed E-state index contributed by atoms with van der Waals surface area (Å²) in [5.74, 6) is -1.17. The first kappa shape index (κ1) is 23.3. The van der Waals surface area contributed by atoms with Crippen LogP contribution in [0.4, 0.5) is 18.0 Å². The van der Waals surface area contributed by atoms with Gasteiger partial charge in [0.2, 0.25) is 5.91 Å². The summed E-state index contributed by atoms with van der Waals surface area (Å²) in [6.45, 7) is 2.13. The number of thioether (sulfide) groups is 1. The molecule has 0 unspecified atom stereocenters. The van der Waals surface area contributed by atoms with Gasteiger partial charge in [-0.25, -0.2) is 9.78 Å². The molecule has 168 valence electrons. The average Bonchev–Trinajstić information content (AvgIpc) is 2.72. The molecule has 7 nitrogen and oxygen atoms in total. The highest BCUT2D eigenvalue weighted by molar-refractivity contribution is 7.99. The number of aryl methyl sites for hydroxylation is 2. The van der Waals surface area contributed by atoms with Crippen LogP contribution in [0.3, 0.4) is 0 Å². The van der Waals surface area contributed by atoms with Crippen LogP contribution in [0.5, 0.6) is 0 Å². The lowest BCUT2D eigenvalue weighted by Gasteiger charge is -2.17. The molecule has 32 heavy (non-hydrogen) atoms. The molecule has 0 aliphatic heterocycles. The van der Waals surface area contributed by atoms with Crippen molar-refractivity contribution in [1.29, 1.82) is 0 Å². The van der Waals surface area contributed by atoms with Crippen molar-refractivity contribution in [3.05, 3.63) is 63.9 Å². The molecule has 0 bridgehead atoms. The number of imide groups is 1. The Labute approximate surface area is 185 Å². The molecule has 3 aromatic rings. The van der Waals surface area contributed by atoms with Gasteiger partial charge in [-0.1, -0.05) is 42.1 Å². The Kier molecular flexibility index (Phi) is 6.87. The minimum atomic E-state index is -4.59. The highest BCUT2D eigenvalue weighted by Gasteiger charge is 2.28. The van der Waals surface area contributed by atoms with Crippen LogP contribution in [-0.4, -0.2) is 40.0 Å². The smallest absolute Gasteiger partial charge is 0.329 e. The Morgan fingerprint density at radius 1 is 1.06 bits per heavy atom. The largest absolute Gasteiger partial charge is 0.405 e. The zero-order valence-electron chi connectivity index (χ0n) is 17.1. The van der Waals surface area contributed by atoms with E-state index in [4.69, 9.17) is 0 Å². The number of nitrogens with one attached hydrogen (secondary N) is 2. The second-order valence-electron chi connectivity index (χ2n) is 6.93. The summed E-state index contributed by atoms with van der Waals surface area (Å²) in [7, 11) is 0.